The zero-order valence-corrected chi connectivity index (χ0v) is 68.1. The summed E-state index contributed by atoms with van der Waals surface area (Å²) in [4.78, 5) is 255. The third kappa shape index (κ3) is 29.9. The topological polar surface area (TPSA) is 673 Å². The van der Waals surface area contributed by atoms with E-state index in [2.05, 4.69) is 57.8 Å². The van der Waals surface area contributed by atoms with Crippen molar-refractivity contribution in [3.05, 3.63) is 65.9 Å². The van der Waals surface area contributed by atoms with Crippen LogP contribution in [0.1, 0.15) is 174 Å². The molecule has 14 amide bonds. The molecule has 6 rings (SSSR count). The molecule has 0 bridgehead atoms. The van der Waals surface area contributed by atoms with E-state index < -0.39 is 230 Å². The molecule has 0 saturated carbocycles. The summed E-state index contributed by atoms with van der Waals surface area (Å²) in [6, 6.07) is -9.33. The number of aromatic hydroxyl groups is 1. The van der Waals surface area contributed by atoms with Gasteiger partial charge in [-0.2, -0.15) is 0 Å². The Morgan fingerprint density at radius 2 is 1.14 bits per heavy atom. The van der Waals surface area contributed by atoms with Crippen molar-refractivity contribution in [2.24, 2.45) is 51.2 Å². The van der Waals surface area contributed by atoms with Crippen LogP contribution < -0.4 is 82.3 Å². The number of rotatable bonds is 45. The van der Waals surface area contributed by atoms with Crippen molar-refractivity contribution in [2.45, 2.75) is 254 Å². The summed E-state index contributed by atoms with van der Waals surface area (Å²) >= 11 is 0. The number of aromatic amines is 1. The first-order valence-corrected chi connectivity index (χ1v) is 40.6. The van der Waals surface area contributed by atoms with Crippen LogP contribution in [0.15, 0.2) is 59.7 Å². The number of nitrogens with two attached hydrogens (primary N) is 6. The number of benzene rings is 2. The summed E-state index contributed by atoms with van der Waals surface area (Å²) < 4.78 is 0. The number of amides is 14. The van der Waals surface area contributed by atoms with Crippen LogP contribution >= 0.6 is 0 Å². The number of para-hydroxylation sites is 1. The normalized spacial score (nSPS) is 19.6. The van der Waals surface area contributed by atoms with Crippen molar-refractivity contribution < 1.29 is 102 Å². The lowest BCUT2D eigenvalue weighted by atomic mass is 9.99. The van der Waals surface area contributed by atoms with Crippen LogP contribution in [0.25, 0.3) is 10.9 Å². The van der Waals surface area contributed by atoms with E-state index in [4.69, 9.17) is 34.4 Å². The number of carbonyl (C=O) groups excluding carboxylic acids is 14. The smallest absolute Gasteiger partial charge is 0.326 e. The number of likely N-dealkylation sites (tertiary alicyclic amines) is 1. The quantitative estimate of drug-likeness (QED) is 0.0116. The van der Waals surface area contributed by atoms with E-state index in [1.165, 1.54) is 29.2 Å². The predicted molar refractivity (Wildman–Crippen MR) is 433 cm³/mol. The molecule has 26 N–H and O–H groups in total. The molecule has 0 radical (unpaired) electrons. The molecule has 0 spiro atoms. The fourth-order valence-electron chi connectivity index (χ4n) is 14.6. The number of primary amides is 1. The molecule has 3 fully saturated rings. The fourth-order valence-corrected chi connectivity index (χ4v) is 14.6. The highest BCUT2D eigenvalue weighted by Gasteiger charge is 2.49. The average molecular weight is 1680 g/mol. The standard InChI is InChI=1S/C79H118N20O21/c1-42(2)36-54(93-66(107)48(82)25-29-64(103)104)68(109)94-55(38-44-21-23-46(100)24-22-44)69(110)89-50(27-30-65(105)106)67(108)95-57(40-62(83)101)71(112)90-51(16-7-9-31-80)75(116)98-35-13-20-61(98)77(118)99-60(18-11-33-86-79(84)85)73(114)92-52(17-8-10-32-81)74(115)97-34-12-19-59(97)72(113)96-56(39-45-41-87-49-15-6-5-14-47(45)49)70(111)91-53(76(99)117)26-28-63(102)88-58(78(119)120)37-43(3)4/h5-6,14-15,21-24,41-43,48,50-61,87,100H,7-13,16-20,25-40,80-82H2,1-4H3,(H2,83,101)(H,88,102)(H,89,110)(H,90,112)(H,91,111)(H,92,114)(H,93,107)(H,94,109)(H,95,108)(H,96,113)(H,103,104)(H,105,106)(H,119,120)(H4,84,85,86)/t48-,50-,51-,52-,53-,54-,55-,56-,57-,58-,59-,60+,61-/m0/s1. The summed E-state index contributed by atoms with van der Waals surface area (Å²) in [7, 11) is 0. The van der Waals surface area contributed by atoms with Gasteiger partial charge in [-0.3, -0.25) is 86.6 Å². The molecule has 3 aromatic rings. The van der Waals surface area contributed by atoms with Crippen molar-refractivity contribution in [3.8, 4) is 5.75 Å². The number of nitrogens with zero attached hydrogens (tertiary/aromatic N) is 4. The first-order valence-electron chi connectivity index (χ1n) is 40.6. The molecule has 2 aromatic carbocycles. The van der Waals surface area contributed by atoms with Crippen molar-refractivity contribution in [1.82, 2.24) is 67.5 Å². The Morgan fingerprint density at radius 3 is 1.79 bits per heavy atom. The zero-order chi connectivity index (χ0) is 88.6. The molecular formula is C79H118N20O21. The number of aromatic nitrogens is 1. The predicted octanol–water partition coefficient (Wildman–Crippen LogP) is -3.06. The number of unbranched alkanes of at least 4 members (excludes halogenated alkanes) is 2. The van der Waals surface area contributed by atoms with Gasteiger partial charge in [0.2, 0.25) is 70.9 Å². The van der Waals surface area contributed by atoms with E-state index in [1.807, 2.05) is 0 Å². The number of carboxylic acids is 3. The van der Waals surface area contributed by atoms with Gasteiger partial charge in [-0.05, 0) is 163 Å². The minimum Gasteiger partial charge on any atom is -0.508 e. The lowest BCUT2D eigenvalue weighted by molar-refractivity contribution is -0.159. The van der Waals surface area contributed by atoms with Gasteiger partial charge in [-0.15, -0.1) is 0 Å². The number of imide groups is 1. The monoisotopic (exact) mass is 1680 g/mol. The number of guanidine groups is 1. The first kappa shape index (κ1) is 97.0. The highest BCUT2D eigenvalue weighted by molar-refractivity contribution is 6.08. The van der Waals surface area contributed by atoms with Gasteiger partial charge in [0.25, 0.3) is 11.8 Å². The number of fused-ring (bicyclic) bond motifs is 2. The minimum absolute atomic E-state index is 0.0103. The summed E-state index contributed by atoms with van der Waals surface area (Å²) in [5, 5.41) is 63.1. The van der Waals surface area contributed by atoms with Gasteiger partial charge < -0.3 is 117 Å². The molecular weight excluding hydrogens is 1560 g/mol. The average Bonchev–Trinajstić information content (AvgIpc) is 1.48. The van der Waals surface area contributed by atoms with Crippen molar-refractivity contribution in [2.75, 3.05) is 32.7 Å². The first-order chi connectivity index (χ1) is 56.9. The van der Waals surface area contributed by atoms with Gasteiger partial charge in [-0.25, -0.2) is 4.79 Å². The maximum Gasteiger partial charge on any atom is 0.326 e. The van der Waals surface area contributed by atoms with Crippen LogP contribution in [-0.2, 0) is 94.3 Å². The third-order valence-corrected chi connectivity index (χ3v) is 20.8. The highest BCUT2D eigenvalue weighted by Crippen LogP contribution is 2.29. The number of H-pyrrole nitrogens is 1. The van der Waals surface area contributed by atoms with E-state index >= 15 is 28.8 Å². The van der Waals surface area contributed by atoms with E-state index in [0.29, 0.717) is 39.8 Å². The Labute approximate surface area is 693 Å². The minimum atomic E-state index is -2.05. The Morgan fingerprint density at radius 1 is 0.567 bits per heavy atom. The number of phenolic OH excluding ortho intramolecular Hbond substituents is 1. The van der Waals surface area contributed by atoms with Crippen LogP contribution in [0, 0.1) is 11.8 Å². The molecule has 41 nitrogen and oxygen atoms in total. The number of hydrogen-bond donors (Lipinski definition) is 20. The highest BCUT2D eigenvalue weighted by atomic mass is 16.4. The van der Waals surface area contributed by atoms with E-state index in [0.717, 1.165) is 4.90 Å². The molecule has 3 aliphatic heterocycles. The Balaban J connectivity index is 1.44. The van der Waals surface area contributed by atoms with Crippen molar-refractivity contribution in [1.29, 1.82) is 0 Å². The zero-order valence-electron chi connectivity index (χ0n) is 68.1. The number of aliphatic carboxylic acids is 3. The van der Waals surface area contributed by atoms with E-state index in [-0.39, 0.29) is 140 Å². The van der Waals surface area contributed by atoms with Gasteiger partial charge in [0.05, 0.1) is 12.5 Å². The summed E-state index contributed by atoms with van der Waals surface area (Å²) in [6.45, 7) is 6.52. The summed E-state index contributed by atoms with van der Waals surface area (Å²) in [5.74, 6) is -20.4. The van der Waals surface area contributed by atoms with Gasteiger partial charge in [0, 0.05) is 68.8 Å². The Bertz CT molecular complexity index is 4150. The second-order valence-corrected chi connectivity index (χ2v) is 31.3. The molecule has 0 unspecified atom stereocenters. The Kier molecular flexibility index (Phi) is 38.5. The number of nitrogens with one attached hydrogen (secondary N) is 10. The molecule has 3 aliphatic rings. The fraction of sp³-hybridized carbons (Fsp3) is 0.595. The molecule has 660 valence electrons. The van der Waals surface area contributed by atoms with Crippen LogP contribution in [-0.4, -0.2) is 258 Å². The lowest BCUT2D eigenvalue weighted by Crippen LogP contribution is -2.64. The van der Waals surface area contributed by atoms with E-state index in [9.17, 15) is 73.2 Å². The molecule has 41 heteroatoms. The van der Waals surface area contributed by atoms with Gasteiger partial charge in [0.15, 0.2) is 5.96 Å². The van der Waals surface area contributed by atoms with Crippen LogP contribution in [0.5, 0.6) is 5.75 Å². The number of aliphatic imine (C=N–C) groups is 1. The molecule has 4 heterocycles. The second-order valence-electron chi connectivity index (χ2n) is 31.3. The van der Waals surface area contributed by atoms with Gasteiger partial charge in [-0.1, -0.05) is 58.0 Å². The molecule has 1 aromatic heterocycles. The van der Waals surface area contributed by atoms with Gasteiger partial charge >= 0.3 is 17.9 Å². The molecule has 0 aliphatic carbocycles. The van der Waals surface area contributed by atoms with Gasteiger partial charge in [0.1, 0.15) is 78.3 Å². The van der Waals surface area contributed by atoms with Crippen LogP contribution in [0.4, 0.5) is 0 Å². The van der Waals surface area contributed by atoms with Crippen LogP contribution in [0.3, 0.4) is 0 Å². The SMILES string of the molecule is CC(C)C[C@H](NC(=O)CC[C@@H]1NC(=O)[C@H](Cc2c[nH]c3ccccc23)NC(=O)[C@@H]2CCCN2C(=O)[C@H](CCCCN)NC(=O)[C@@H](CCCN=C(N)N)N(C(=O)[C@@H]2CCCN2C(=O)[C@H](CCCCN)NC(=O)[C@H](CC(N)=O)NC(=O)[C@H](CCC(=O)O)NC(=O)[C@H](Cc2ccc(O)cc2)NC(=O)[C@H](CC(C)C)NC(=O)[C@@H](N)CCC(=O)O)C1=O)C(=O)O. The molecule has 120 heavy (non-hydrogen) atoms. The largest absolute Gasteiger partial charge is 0.508 e. The Hall–Kier alpha value is -11.9. The second kappa shape index (κ2) is 47.6. The number of phenols is 1. The van der Waals surface area contributed by atoms with E-state index in [1.54, 1.807) is 58.2 Å². The maximum atomic E-state index is 16.4. The van der Waals surface area contributed by atoms with Crippen molar-refractivity contribution >= 4 is 117 Å². The third-order valence-electron chi connectivity index (χ3n) is 20.8. The lowest BCUT2D eigenvalue weighted by Gasteiger charge is -2.37. The summed E-state index contributed by atoms with van der Waals surface area (Å²) in [5.41, 5.74) is 36.5. The maximum absolute atomic E-state index is 16.4. The van der Waals surface area contributed by atoms with Crippen LogP contribution in [0.2, 0.25) is 0 Å². The number of hydrogen-bond acceptors (Lipinski definition) is 22. The van der Waals surface area contributed by atoms with Crippen molar-refractivity contribution in [3.63, 3.8) is 0 Å². The number of carbonyl (C=O) groups is 17. The summed E-state index contributed by atoms with van der Waals surface area (Å²) in [6.07, 6.45) is -4.05. The molecule has 13 atom stereocenters. The number of carboxylic acid groups (broad SMARTS) is 3. The molecule has 3 saturated heterocycles.